The van der Waals surface area contributed by atoms with Crippen LogP contribution >= 0.6 is 0 Å². The molecule has 0 aromatic heterocycles. The van der Waals surface area contributed by atoms with Crippen LogP contribution in [0.2, 0.25) is 0 Å². The molecule has 3 rings (SSSR count). The lowest BCUT2D eigenvalue weighted by atomic mass is 9.90. The minimum Gasteiger partial charge on any atom is -0.462 e. The molecular weight excluding hydrogens is 390 g/mol. The van der Waals surface area contributed by atoms with Crippen LogP contribution in [0.1, 0.15) is 35.7 Å². The number of nitrogens with zero attached hydrogens (tertiary/aromatic N) is 2. The van der Waals surface area contributed by atoms with E-state index >= 15 is 0 Å². The number of hydrogen-bond acceptors (Lipinski definition) is 5. The van der Waals surface area contributed by atoms with Crippen LogP contribution in [0.3, 0.4) is 0 Å². The maximum atomic E-state index is 12.8. The first-order valence-corrected chi connectivity index (χ1v) is 10.6. The van der Waals surface area contributed by atoms with Crippen molar-refractivity contribution in [3.8, 4) is 6.07 Å². The van der Waals surface area contributed by atoms with Crippen LogP contribution in [0.5, 0.6) is 0 Å². The lowest BCUT2D eigenvalue weighted by Crippen LogP contribution is -2.39. The van der Waals surface area contributed by atoms with Gasteiger partial charge in [0.2, 0.25) is 0 Å². The smallest absolute Gasteiger partial charge is 0.338 e. The van der Waals surface area contributed by atoms with E-state index in [1.807, 2.05) is 12.1 Å². The summed E-state index contributed by atoms with van der Waals surface area (Å²) in [5.74, 6) is -0.0820. The summed E-state index contributed by atoms with van der Waals surface area (Å²) in [7, 11) is 0. The summed E-state index contributed by atoms with van der Waals surface area (Å²) >= 11 is 0. The highest BCUT2D eigenvalue weighted by Gasteiger charge is 2.25. The van der Waals surface area contributed by atoms with Crippen LogP contribution in [0, 0.1) is 17.2 Å². The Morgan fingerprint density at radius 1 is 1.13 bits per heavy atom. The number of nitriles is 1. The number of amides is 1. The summed E-state index contributed by atoms with van der Waals surface area (Å²) < 4.78 is 4.96. The van der Waals surface area contributed by atoms with E-state index in [0.29, 0.717) is 36.9 Å². The van der Waals surface area contributed by atoms with Gasteiger partial charge in [0.25, 0.3) is 5.91 Å². The molecule has 1 amide bonds. The zero-order chi connectivity index (χ0) is 22.1. The molecule has 1 aliphatic heterocycles. The molecule has 0 aliphatic carbocycles. The molecule has 160 valence electrons. The molecule has 1 saturated heterocycles. The first-order valence-electron chi connectivity index (χ1n) is 10.6. The van der Waals surface area contributed by atoms with Crippen LogP contribution in [-0.2, 0) is 16.0 Å². The van der Waals surface area contributed by atoms with E-state index in [-0.39, 0.29) is 17.4 Å². The minimum atomic E-state index is -0.381. The zero-order valence-corrected chi connectivity index (χ0v) is 17.7. The third-order valence-electron chi connectivity index (χ3n) is 5.40. The van der Waals surface area contributed by atoms with Crippen LogP contribution < -0.4 is 5.32 Å². The number of benzene rings is 2. The van der Waals surface area contributed by atoms with Gasteiger partial charge in [-0.25, -0.2) is 4.79 Å². The molecule has 6 nitrogen and oxygen atoms in total. The molecule has 2 aromatic carbocycles. The Morgan fingerprint density at radius 3 is 2.42 bits per heavy atom. The van der Waals surface area contributed by atoms with E-state index in [1.165, 1.54) is 11.8 Å². The fourth-order valence-electron chi connectivity index (χ4n) is 3.67. The Balaban J connectivity index is 1.53. The van der Waals surface area contributed by atoms with Gasteiger partial charge in [0.15, 0.2) is 0 Å². The van der Waals surface area contributed by atoms with Gasteiger partial charge >= 0.3 is 5.97 Å². The highest BCUT2D eigenvalue weighted by Crippen LogP contribution is 2.22. The van der Waals surface area contributed by atoms with Crippen LogP contribution in [-0.4, -0.2) is 36.5 Å². The van der Waals surface area contributed by atoms with Crippen molar-refractivity contribution in [2.75, 3.05) is 25.0 Å². The van der Waals surface area contributed by atoms with Crippen molar-refractivity contribution < 1.29 is 14.3 Å². The van der Waals surface area contributed by atoms with Gasteiger partial charge in [-0.05, 0) is 61.9 Å². The lowest BCUT2D eigenvalue weighted by Gasteiger charge is -2.32. The van der Waals surface area contributed by atoms with E-state index < -0.39 is 0 Å². The second-order valence-electron chi connectivity index (χ2n) is 7.54. The fraction of sp³-hybridized carbons (Fsp3) is 0.320. The number of nitrogens with one attached hydrogen (secondary N) is 1. The van der Waals surface area contributed by atoms with Crippen molar-refractivity contribution in [1.29, 1.82) is 5.26 Å². The molecule has 1 fully saturated rings. The standard InChI is InChI=1S/C25H27N3O3/c1-2-31-25(30)21-8-10-23(11-9-21)27-18-22(17-26)24(29)28-14-12-20(13-15-28)16-19-6-4-3-5-7-19/h3-11,18,20,27H,2,12-16H2,1H3/b22-18-. The molecule has 0 atom stereocenters. The van der Waals surface area contributed by atoms with E-state index in [4.69, 9.17) is 4.74 Å². The predicted molar refractivity (Wildman–Crippen MR) is 119 cm³/mol. The van der Waals surface area contributed by atoms with Crippen LogP contribution in [0.25, 0.3) is 0 Å². The fourth-order valence-corrected chi connectivity index (χ4v) is 3.67. The third kappa shape index (κ3) is 6.19. The van der Waals surface area contributed by atoms with Crippen molar-refractivity contribution >= 4 is 17.6 Å². The second-order valence-corrected chi connectivity index (χ2v) is 7.54. The molecule has 6 heteroatoms. The van der Waals surface area contributed by atoms with Crippen molar-refractivity contribution in [2.24, 2.45) is 5.92 Å². The van der Waals surface area contributed by atoms with Gasteiger partial charge in [-0.2, -0.15) is 5.26 Å². The Labute approximate surface area is 183 Å². The van der Waals surface area contributed by atoms with Crippen molar-refractivity contribution in [1.82, 2.24) is 4.90 Å². The van der Waals surface area contributed by atoms with E-state index in [9.17, 15) is 14.9 Å². The normalized spacial score (nSPS) is 14.6. The monoisotopic (exact) mass is 417 g/mol. The zero-order valence-electron chi connectivity index (χ0n) is 17.7. The maximum Gasteiger partial charge on any atom is 0.338 e. The molecule has 0 saturated carbocycles. The molecule has 0 bridgehead atoms. The lowest BCUT2D eigenvalue weighted by molar-refractivity contribution is -0.128. The molecule has 0 unspecified atom stereocenters. The summed E-state index contributed by atoms with van der Waals surface area (Å²) in [5.41, 5.74) is 2.51. The number of hydrogen-bond donors (Lipinski definition) is 1. The number of likely N-dealkylation sites (tertiary alicyclic amines) is 1. The average molecular weight is 418 g/mol. The number of esters is 1. The van der Waals surface area contributed by atoms with Gasteiger partial charge in [0, 0.05) is 25.0 Å². The molecule has 31 heavy (non-hydrogen) atoms. The van der Waals surface area contributed by atoms with E-state index in [1.54, 1.807) is 36.1 Å². The summed E-state index contributed by atoms with van der Waals surface area (Å²) in [4.78, 5) is 26.2. The SMILES string of the molecule is CCOC(=O)c1ccc(N/C=C(/C#N)C(=O)N2CCC(Cc3ccccc3)CC2)cc1. The van der Waals surface area contributed by atoms with Gasteiger partial charge in [0.1, 0.15) is 11.6 Å². The first-order chi connectivity index (χ1) is 15.1. The average Bonchev–Trinajstić information content (AvgIpc) is 2.81. The minimum absolute atomic E-state index is 0.0657. The number of ether oxygens (including phenoxy) is 1. The predicted octanol–water partition coefficient (Wildman–Crippen LogP) is 4.16. The van der Waals surface area contributed by atoms with E-state index in [0.717, 1.165) is 19.3 Å². The number of rotatable bonds is 7. The highest BCUT2D eigenvalue weighted by molar-refractivity contribution is 5.97. The van der Waals surface area contributed by atoms with Crippen molar-refractivity contribution in [2.45, 2.75) is 26.2 Å². The number of carbonyl (C=O) groups is 2. The molecule has 1 N–H and O–H groups in total. The van der Waals surface area contributed by atoms with Gasteiger partial charge in [0.05, 0.1) is 12.2 Å². The summed E-state index contributed by atoms with van der Waals surface area (Å²) in [6, 6.07) is 19.1. The second kappa shape index (κ2) is 11.0. The molecule has 1 aliphatic rings. The molecule has 0 spiro atoms. The Morgan fingerprint density at radius 2 is 1.81 bits per heavy atom. The topological polar surface area (TPSA) is 82.4 Å². The number of anilines is 1. The van der Waals surface area contributed by atoms with Gasteiger partial charge < -0.3 is 15.0 Å². The van der Waals surface area contributed by atoms with Crippen LogP contribution in [0.15, 0.2) is 66.4 Å². The largest absolute Gasteiger partial charge is 0.462 e. The van der Waals surface area contributed by atoms with Gasteiger partial charge in [-0.3, -0.25) is 4.79 Å². The Bertz CT molecular complexity index is 954. The number of carbonyl (C=O) groups excluding carboxylic acids is 2. The molecular formula is C25H27N3O3. The highest BCUT2D eigenvalue weighted by atomic mass is 16.5. The van der Waals surface area contributed by atoms with Gasteiger partial charge in [-0.15, -0.1) is 0 Å². The quantitative estimate of drug-likeness (QED) is 0.415. The first kappa shape index (κ1) is 22.1. The third-order valence-corrected chi connectivity index (χ3v) is 5.40. The van der Waals surface area contributed by atoms with Gasteiger partial charge in [-0.1, -0.05) is 30.3 Å². The Hall–Kier alpha value is -3.59. The van der Waals surface area contributed by atoms with Crippen molar-refractivity contribution in [3.05, 3.63) is 77.5 Å². The van der Waals surface area contributed by atoms with Crippen molar-refractivity contribution in [3.63, 3.8) is 0 Å². The molecule has 2 aromatic rings. The van der Waals surface area contributed by atoms with Crippen LogP contribution in [0.4, 0.5) is 5.69 Å². The summed E-state index contributed by atoms with van der Waals surface area (Å²) in [6.45, 7) is 3.39. The molecule has 0 radical (unpaired) electrons. The van der Waals surface area contributed by atoms with E-state index in [2.05, 4.69) is 29.6 Å². The Kier molecular flexibility index (Phi) is 7.83. The maximum absolute atomic E-state index is 12.8. The molecule has 1 heterocycles. The number of piperidine rings is 1. The summed E-state index contributed by atoms with van der Waals surface area (Å²) in [6.07, 6.45) is 4.31. The summed E-state index contributed by atoms with van der Waals surface area (Å²) in [5, 5.41) is 12.4.